The van der Waals surface area contributed by atoms with Crippen molar-refractivity contribution in [2.24, 2.45) is 11.7 Å². The summed E-state index contributed by atoms with van der Waals surface area (Å²) in [5.41, 5.74) is 7.53. The minimum atomic E-state index is 0.517. The van der Waals surface area contributed by atoms with Crippen LogP contribution in [0.3, 0.4) is 0 Å². The van der Waals surface area contributed by atoms with Crippen molar-refractivity contribution in [3.8, 4) is 0 Å². The lowest BCUT2D eigenvalue weighted by molar-refractivity contribution is 0.0731. The minimum Gasteiger partial charge on any atom is -0.329 e. The molecule has 1 aromatic rings. The average Bonchev–Trinajstić information content (AvgIpc) is 2.48. The Bertz CT molecular complexity index is 390. The van der Waals surface area contributed by atoms with E-state index in [1.807, 2.05) is 0 Å². The lowest BCUT2D eigenvalue weighted by Crippen LogP contribution is -2.50. The van der Waals surface area contributed by atoms with Crippen molar-refractivity contribution in [2.45, 2.75) is 58.0 Å². The predicted octanol–water partition coefficient (Wildman–Crippen LogP) is 3.63. The number of likely N-dealkylation sites (tertiary alicyclic amines) is 1. The highest BCUT2D eigenvalue weighted by Gasteiger charge is 2.29. The Labute approximate surface area is 124 Å². The SMILES string of the molecule is CC1CCC(C)N(C(CN)CC(C)c2ccccc2)C1. The summed E-state index contributed by atoms with van der Waals surface area (Å²) in [6.45, 7) is 9.05. The largest absolute Gasteiger partial charge is 0.329 e. The maximum absolute atomic E-state index is 6.10. The monoisotopic (exact) mass is 274 g/mol. The molecular formula is C18H30N2. The van der Waals surface area contributed by atoms with Gasteiger partial charge >= 0.3 is 0 Å². The predicted molar refractivity (Wildman–Crippen MR) is 86.9 cm³/mol. The maximum atomic E-state index is 6.10. The van der Waals surface area contributed by atoms with Gasteiger partial charge in [0.1, 0.15) is 0 Å². The van der Waals surface area contributed by atoms with Crippen molar-refractivity contribution in [3.05, 3.63) is 35.9 Å². The van der Waals surface area contributed by atoms with E-state index in [0.29, 0.717) is 18.0 Å². The van der Waals surface area contributed by atoms with Crippen LogP contribution in [0.25, 0.3) is 0 Å². The van der Waals surface area contributed by atoms with E-state index < -0.39 is 0 Å². The maximum Gasteiger partial charge on any atom is 0.0227 e. The fourth-order valence-corrected chi connectivity index (χ4v) is 3.52. The molecule has 2 nitrogen and oxygen atoms in total. The highest BCUT2D eigenvalue weighted by atomic mass is 15.2. The molecule has 20 heavy (non-hydrogen) atoms. The van der Waals surface area contributed by atoms with Gasteiger partial charge in [-0.15, -0.1) is 0 Å². The first kappa shape index (κ1) is 15.5. The van der Waals surface area contributed by atoms with E-state index in [2.05, 4.69) is 56.0 Å². The van der Waals surface area contributed by atoms with E-state index in [0.717, 1.165) is 18.9 Å². The third-order valence-corrected chi connectivity index (χ3v) is 4.90. The van der Waals surface area contributed by atoms with Gasteiger partial charge in [-0.1, -0.05) is 44.2 Å². The van der Waals surface area contributed by atoms with Crippen LogP contribution in [-0.4, -0.2) is 30.1 Å². The average molecular weight is 274 g/mol. The van der Waals surface area contributed by atoms with Crippen LogP contribution in [0.5, 0.6) is 0 Å². The van der Waals surface area contributed by atoms with Gasteiger partial charge in [-0.2, -0.15) is 0 Å². The van der Waals surface area contributed by atoms with Gasteiger partial charge in [0, 0.05) is 25.2 Å². The Kier molecular flexibility index (Phi) is 5.62. The van der Waals surface area contributed by atoms with Crippen molar-refractivity contribution in [1.29, 1.82) is 0 Å². The van der Waals surface area contributed by atoms with Gasteiger partial charge < -0.3 is 5.73 Å². The molecule has 0 amide bonds. The molecule has 1 saturated heterocycles. The Hall–Kier alpha value is -0.860. The fraction of sp³-hybridized carbons (Fsp3) is 0.667. The van der Waals surface area contributed by atoms with Crippen LogP contribution in [0.15, 0.2) is 30.3 Å². The number of nitrogens with zero attached hydrogens (tertiary/aromatic N) is 1. The van der Waals surface area contributed by atoms with Crippen molar-refractivity contribution in [2.75, 3.05) is 13.1 Å². The van der Waals surface area contributed by atoms with Crippen molar-refractivity contribution >= 4 is 0 Å². The van der Waals surface area contributed by atoms with Gasteiger partial charge in [-0.3, -0.25) is 4.90 Å². The highest BCUT2D eigenvalue weighted by Crippen LogP contribution is 2.28. The molecular weight excluding hydrogens is 244 g/mol. The van der Waals surface area contributed by atoms with Crippen molar-refractivity contribution in [1.82, 2.24) is 4.90 Å². The molecule has 0 spiro atoms. The summed E-state index contributed by atoms with van der Waals surface area (Å²) in [6.07, 6.45) is 3.85. The summed E-state index contributed by atoms with van der Waals surface area (Å²) in [5.74, 6) is 1.39. The number of piperidine rings is 1. The van der Waals surface area contributed by atoms with E-state index in [1.165, 1.54) is 24.9 Å². The molecule has 2 N–H and O–H groups in total. The molecule has 2 rings (SSSR count). The second kappa shape index (κ2) is 7.24. The molecule has 0 radical (unpaired) electrons. The quantitative estimate of drug-likeness (QED) is 0.888. The second-order valence-corrected chi connectivity index (χ2v) is 6.67. The zero-order chi connectivity index (χ0) is 14.5. The normalized spacial score (nSPS) is 27.2. The number of hydrogen-bond donors (Lipinski definition) is 1. The summed E-state index contributed by atoms with van der Waals surface area (Å²) >= 11 is 0. The number of rotatable bonds is 5. The van der Waals surface area contributed by atoms with Crippen LogP contribution >= 0.6 is 0 Å². The summed E-state index contributed by atoms with van der Waals surface area (Å²) in [7, 11) is 0. The summed E-state index contributed by atoms with van der Waals surface area (Å²) in [5, 5.41) is 0. The lowest BCUT2D eigenvalue weighted by Gasteiger charge is -2.42. The molecule has 1 heterocycles. The van der Waals surface area contributed by atoms with Gasteiger partial charge in [0.2, 0.25) is 0 Å². The molecule has 0 bridgehead atoms. The first-order chi connectivity index (χ1) is 9.61. The van der Waals surface area contributed by atoms with Gasteiger partial charge in [0.25, 0.3) is 0 Å². The van der Waals surface area contributed by atoms with Crippen LogP contribution in [-0.2, 0) is 0 Å². The number of nitrogens with two attached hydrogens (primary N) is 1. The Morgan fingerprint density at radius 3 is 2.55 bits per heavy atom. The summed E-state index contributed by atoms with van der Waals surface area (Å²) in [6, 6.07) is 12.0. The second-order valence-electron chi connectivity index (χ2n) is 6.67. The van der Waals surface area contributed by atoms with Gasteiger partial charge in [-0.25, -0.2) is 0 Å². The van der Waals surface area contributed by atoms with Crippen LogP contribution in [0.1, 0.15) is 51.5 Å². The van der Waals surface area contributed by atoms with Crippen molar-refractivity contribution < 1.29 is 0 Å². The van der Waals surface area contributed by atoms with Crippen LogP contribution in [0, 0.1) is 5.92 Å². The van der Waals surface area contributed by atoms with E-state index in [1.54, 1.807) is 0 Å². The van der Waals surface area contributed by atoms with Crippen LogP contribution in [0.4, 0.5) is 0 Å². The van der Waals surface area contributed by atoms with E-state index in [-0.39, 0.29) is 0 Å². The fourth-order valence-electron chi connectivity index (χ4n) is 3.52. The van der Waals surface area contributed by atoms with Gasteiger partial charge in [0.15, 0.2) is 0 Å². The molecule has 1 fully saturated rings. The summed E-state index contributed by atoms with van der Waals surface area (Å²) in [4.78, 5) is 2.66. The lowest BCUT2D eigenvalue weighted by atomic mass is 9.89. The standard InChI is InChI=1S/C18H30N2/c1-14-9-10-16(3)20(13-14)18(12-19)11-15(2)17-7-5-4-6-8-17/h4-8,14-16,18H,9-13,19H2,1-3H3. The molecule has 0 saturated carbocycles. The smallest absolute Gasteiger partial charge is 0.0227 e. The van der Waals surface area contributed by atoms with E-state index >= 15 is 0 Å². The minimum absolute atomic E-state index is 0.517. The zero-order valence-electron chi connectivity index (χ0n) is 13.3. The van der Waals surface area contributed by atoms with E-state index in [4.69, 9.17) is 5.73 Å². The van der Waals surface area contributed by atoms with E-state index in [9.17, 15) is 0 Å². The molecule has 1 aliphatic heterocycles. The molecule has 112 valence electrons. The number of benzene rings is 1. The first-order valence-corrected chi connectivity index (χ1v) is 8.12. The molecule has 0 aromatic heterocycles. The van der Waals surface area contributed by atoms with Crippen molar-refractivity contribution in [3.63, 3.8) is 0 Å². The third-order valence-electron chi connectivity index (χ3n) is 4.90. The van der Waals surface area contributed by atoms with Gasteiger partial charge in [-0.05, 0) is 43.6 Å². The van der Waals surface area contributed by atoms with Gasteiger partial charge in [0.05, 0.1) is 0 Å². The zero-order valence-corrected chi connectivity index (χ0v) is 13.3. The molecule has 4 unspecified atom stereocenters. The molecule has 4 atom stereocenters. The topological polar surface area (TPSA) is 29.3 Å². The molecule has 1 aliphatic rings. The molecule has 2 heteroatoms. The summed E-state index contributed by atoms with van der Waals surface area (Å²) < 4.78 is 0. The first-order valence-electron chi connectivity index (χ1n) is 8.12. The Morgan fingerprint density at radius 2 is 1.90 bits per heavy atom. The Balaban J connectivity index is 2.01. The molecule has 0 aliphatic carbocycles. The highest BCUT2D eigenvalue weighted by molar-refractivity contribution is 5.19. The Morgan fingerprint density at radius 1 is 1.20 bits per heavy atom. The third kappa shape index (κ3) is 3.83. The number of hydrogen-bond acceptors (Lipinski definition) is 2. The van der Waals surface area contributed by atoms with Crippen LogP contribution < -0.4 is 5.73 Å². The molecule has 1 aromatic carbocycles. The van der Waals surface area contributed by atoms with Crippen LogP contribution in [0.2, 0.25) is 0 Å².